The largest absolute Gasteiger partial charge is 0.310 e. The maximum Gasteiger partial charge on any atom is 0.231 e. The van der Waals surface area contributed by atoms with Crippen molar-refractivity contribution < 1.29 is 13.2 Å². The van der Waals surface area contributed by atoms with Gasteiger partial charge in [0.25, 0.3) is 0 Å². The van der Waals surface area contributed by atoms with Crippen LogP contribution in [0.25, 0.3) is 5.69 Å². The molecule has 0 atom stereocenters. The second kappa shape index (κ2) is 6.44. The summed E-state index contributed by atoms with van der Waals surface area (Å²) in [6.45, 7) is 4.11. The van der Waals surface area contributed by atoms with E-state index in [0.717, 1.165) is 30.5 Å². The van der Waals surface area contributed by atoms with Gasteiger partial charge in [-0.05, 0) is 93.4 Å². The normalized spacial score (nSPS) is 32.3. The summed E-state index contributed by atoms with van der Waals surface area (Å²) in [5, 5.41) is 7.86. The van der Waals surface area contributed by atoms with E-state index in [1.54, 1.807) is 4.68 Å². The Bertz CT molecular complexity index is 1180. The van der Waals surface area contributed by atoms with E-state index in [4.69, 9.17) is 0 Å². The van der Waals surface area contributed by atoms with Crippen LogP contribution >= 0.6 is 0 Å². The summed E-state index contributed by atoms with van der Waals surface area (Å²) < 4.78 is 26.3. The Morgan fingerprint density at radius 1 is 1.03 bits per heavy atom. The molecular weight excluding hydrogens is 410 g/mol. The lowest BCUT2D eigenvalue weighted by Crippen LogP contribution is -2.52. The van der Waals surface area contributed by atoms with E-state index in [1.807, 2.05) is 25.1 Å². The molecule has 4 aliphatic carbocycles. The predicted octanol–water partition coefficient (Wildman–Crippen LogP) is 4.07. The third kappa shape index (κ3) is 3.07. The summed E-state index contributed by atoms with van der Waals surface area (Å²) in [5.74, 6) is 2.54. The van der Waals surface area contributed by atoms with Crippen LogP contribution in [0.2, 0.25) is 0 Å². The number of carbonyl (C=O) groups is 1. The van der Waals surface area contributed by atoms with Gasteiger partial charge in [-0.3, -0.25) is 4.79 Å². The summed E-state index contributed by atoms with van der Waals surface area (Å²) in [6, 6.07) is 6.07. The Hall–Kier alpha value is -2.15. The lowest BCUT2D eigenvalue weighted by molar-refractivity contribution is -0.140. The van der Waals surface area contributed by atoms with Crippen molar-refractivity contribution in [3.63, 3.8) is 0 Å². The molecule has 31 heavy (non-hydrogen) atoms. The van der Waals surface area contributed by atoms with Gasteiger partial charge >= 0.3 is 0 Å². The third-order valence-electron chi connectivity index (χ3n) is 8.27. The van der Waals surface area contributed by atoms with Crippen LogP contribution in [0.4, 0.5) is 5.82 Å². The number of anilines is 1. The fourth-order valence-electron chi connectivity index (χ4n) is 7.04. The van der Waals surface area contributed by atoms with Crippen LogP contribution in [0.1, 0.15) is 60.9 Å². The van der Waals surface area contributed by atoms with Crippen molar-refractivity contribution in [1.82, 2.24) is 9.78 Å². The van der Waals surface area contributed by atoms with Crippen molar-refractivity contribution in [3.8, 4) is 5.69 Å². The molecule has 0 unspecified atom stereocenters. The molecule has 7 rings (SSSR count). The zero-order chi connectivity index (χ0) is 21.5. The van der Waals surface area contributed by atoms with Crippen molar-refractivity contribution in [3.05, 3.63) is 40.6 Å². The molecule has 6 nitrogen and oxygen atoms in total. The minimum atomic E-state index is -3.21. The smallest absolute Gasteiger partial charge is 0.231 e. The van der Waals surface area contributed by atoms with Crippen LogP contribution in [0.3, 0.4) is 0 Å². The van der Waals surface area contributed by atoms with Crippen molar-refractivity contribution in [2.24, 2.45) is 23.2 Å². The molecule has 1 aliphatic heterocycles. The van der Waals surface area contributed by atoms with Crippen LogP contribution in [0.5, 0.6) is 0 Å². The lowest BCUT2D eigenvalue weighted by Gasteiger charge is -2.55. The highest BCUT2D eigenvalue weighted by molar-refractivity contribution is 7.90. The zero-order valence-electron chi connectivity index (χ0n) is 18.1. The molecule has 2 aromatic rings. The van der Waals surface area contributed by atoms with E-state index in [1.165, 1.54) is 24.8 Å². The van der Waals surface area contributed by atoms with E-state index < -0.39 is 9.84 Å². The van der Waals surface area contributed by atoms with Crippen molar-refractivity contribution in [1.29, 1.82) is 0 Å². The van der Waals surface area contributed by atoms with E-state index in [2.05, 4.69) is 17.3 Å². The first-order valence-corrected chi connectivity index (χ1v) is 13.2. The van der Waals surface area contributed by atoms with Gasteiger partial charge in [0.15, 0.2) is 9.84 Å². The van der Waals surface area contributed by atoms with Gasteiger partial charge in [0.2, 0.25) is 5.91 Å². The molecule has 1 aromatic heterocycles. The molecule has 0 radical (unpaired) electrons. The standard InChI is InChI=1S/C24H29N3O3S/c1-14-3-4-19(5-15(14)2)27-22(20-12-31(29,30)13-21(20)26-27)25-23(28)24-9-16-6-17(10-24)8-18(7-16)11-24/h3-5,16-18H,6-13H2,1-2H3,(H,25,28). The predicted molar refractivity (Wildman–Crippen MR) is 119 cm³/mol. The summed E-state index contributed by atoms with van der Waals surface area (Å²) >= 11 is 0. The quantitative estimate of drug-likeness (QED) is 0.782. The Kier molecular flexibility index (Phi) is 4.05. The minimum absolute atomic E-state index is 0.0519. The second-order valence-electron chi connectivity index (χ2n) is 10.6. The van der Waals surface area contributed by atoms with Crippen LogP contribution in [0.15, 0.2) is 18.2 Å². The van der Waals surface area contributed by atoms with E-state index in [0.29, 0.717) is 34.8 Å². The number of aryl methyl sites for hydroxylation is 2. The minimum Gasteiger partial charge on any atom is -0.310 e. The number of sulfone groups is 1. The number of amides is 1. The molecule has 1 amide bonds. The Morgan fingerprint density at radius 2 is 1.68 bits per heavy atom. The van der Waals surface area contributed by atoms with Crippen molar-refractivity contribution in [2.45, 2.75) is 63.9 Å². The zero-order valence-corrected chi connectivity index (χ0v) is 19.0. The number of hydrogen-bond acceptors (Lipinski definition) is 4. The molecular formula is C24H29N3O3S. The average Bonchev–Trinajstić information content (AvgIpc) is 3.15. The number of nitrogens with one attached hydrogen (secondary N) is 1. The molecule has 164 valence electrons. The Morgan fingerprint density at radius 3 is 2.29 bits per heavy atom. The van der Waals surface area contributed by atoms with Gasteiger partial charge in [-0.1, -0.05) is 6.07 Å². The van der Waals surface area contributed by atoms with E-state index in [9.17, 15) is 13.2 Å². The average molecular weight is 440 g/mol. The van der Waals surface area contributed by atoms with Gasteiger partial charge < -0.3 is 5.32 Å². The van der Waals surface area contributed by atoms with Gasteiger partial charge in [0, 0.05) is 5.56 Å². The summed E-state index contributed by atoms with van der Waals surface area (Å²) in [6.07, 6.45) is 6.76. The van der Waals surface area contributed by atoms with Gasteiger partial charge in [-0.15, -0.1) is 0 Å². The SMILES string of the molecule is Cc1ccc(-n2nc3c(c2NC(=O)C24CC5CC(CC(C5)C2)C4)CS(=O)(=O)C3)cc1C. The van der Waals surface area contributed by atoms with Crippen molar-refractivity contribution in [2.75, 3.05) is 5.32 Å². The number of benzene rings is 1. The molecule has 4 bridgehead atoms. The molecule has 0 spiro atoms. The topological polar surface area (TPSA) is 81.1 Å². The molecule has 5 aliphatic rings. The highest BCUT2D eigenvalue weighted by Crippen LogP contribution is 2.60. The number of hydrogen-bond donors (Lipinski definition) is 1. The molecule has 0 saturated heterocycles. The fourth-order valence-corrected chi connectivity index (χ4v) is 8.54. The fraction of sp³-hybridized carbons (Fsp3) is 0.583. The monoisotopic (exact) mass is 439 g/mol. The second-order valence-corrected chi connectivity index (χ2v) is 12.7. The maximum atomic E-state index is 13.7. The van der Waals surface area contributed by atoms with E-state index >= 15 is 0 Å². The van der Waals surface area contributed by atoms with E-state index in [-0.39, 0.29) is 22.8 Å². The highest BCUT2D eigenvalue weighted by Gasteiger charge is 2.55. The highest BCUT2D eigenvalue weighted by atomic mass is 32.2. The number of nitrogens with zero attached hydrogens (tertiary/aromatic N) is 2. The summed E-state index contributed by atoms with van der Waals surface area (Å²) in [7, 11) is -3.21. The first kappa shape index (κ1) is 19.5. The maximum absolute atomic E-state index is 13.7. The summed E-state index contributed by atoms with van der Waals surface area (Å²) in [5.41, 5.74) is 4.12. The first-order chi connectivity index (χ1) is 14.7. The van der Waals surface area contributed by atoms with Crippen LogP contribution < -0.4 is 5.32 Å². The number of rotatable bonds is 3. The number of aromatic nitrogens is 2. The molecule has 7 heteroatoms. The molecule has 2 heterocycles. The van der Waals surface area contributed by atoms with Gasteiger partial charge in [-0.25, -0.2) is 13.1 Å². The molecule has 4 saturated carbocycles. The summed E-state index contributed by atoms with van der Waals surface area (Å²) in [4.78, 5) is 13.7. The van der Waals surface area contributed by atoms with Gasteiger partial charge in [0.1, 0.15) is 5.82 Å². The van der Waals surface area contributed by atoms with Gasteiger partial charge in [0.05, 0.1) is 28.3 Å². The Labute approximate surface area is 183 Å². The van der Waals surface area contributed by atoms with Crippen LogP contribution in [-0.2, 0) is 26.1 Å². The number of carbonyl (C=O) groups excluding carboxylic acids is 1. The Balaban J connectivity index is 1.40. The lowest BCUT2D eigenvalue weighted by atomic mass is 9.49. The third-order valence-corrected chi connectivity index (χ3v) is 9.72. The number of fused-ring (bicyclic) bond motifs is 1. The van der Waals surface area contributed by atoms with Crippen molar-refractivity contribution >= 4 is 21.6 Å². The van der Waals surface area contributed by atoms with Gasteiger partial charge in [-0.2, -0.15) is 5.10 Å². The molecule has 1 N–H and O–H groups in total. The molecule has 4 fully saturated rings. The first-order valence-electron chi connectivity index (χ1n) is 11.4. The van der Waals surface area contributed by atoms with Crippen LogP contribution in [-0.4, -0.2) is 24.1 Å². The van der Waals surface area contributed by atoms with Crippen LogP contribution in [0, 0.1) is 37.0 Å². The molecule has 1 aromatic carbocycles.